The second-order valence-corrected chi connectivity index (χ2v) is 16.8. The molecule has 9 heteroatoms. The van der Waals surface area contributed by atoms with Gasteiger partial charge in [0.25, 0.3) is 0 Å². The summed E-state index contributed by atoms with van der Waals surface area (Å²) in [6, 6.07) is 0.653. The second-order valence-electron chi connectivity index (χ2n) is 16.8. The van der Waals surface area contributed by atoms with Crippen LogP contribution in [-0.4, -0.2) is 97.8 Å². The Hall–Kier alpha value is -0.740. The van der Waals surface area contributed by atoms with Crippen molar-refractivity contribution in [1.82, 2.24) is 4.90 Å². The molecule has 4 aliphatic carbocycles. The fraction of sp³-hybridized carbons (Fsp3) is 0.944. The minimum atomic E-state index is -0.391. The van der Waals surface area contributed by atoms with Crippen LogP contribution < -0.4 is 17.0 Å². The first-order valence-corrected chi connectivity index (χ1v) is 18.2. The molecule has 256 valence electrons. The van der Waals surface area contributed by atoms with Crippen LogP contribution in [-0.2, 0) is 28.5 Å². The van der Waals surface area contributed by atoms with E-state index in [1.54, 1.807) is 13.8 Å². The predicted octanol–water partition coefficient (Wildman–Crippen LogP) is 2.32. The molecular weight excluding hydrogens is 636 g/mol. The standard InChI is InChI=1S/C36H59N2O6.BrH/c1-24(39)43-32-21-26-9-10-27-28(35(26,4)23-30(32)37-15-7-6-8-16-37)11-12-34(3)29(27)22-31(33(34)44-25(2)40)38(5)17-13-36(14-18-38)41-19-20-42-36;/h26-33H,6-23H2,1-5H3;1H/q+1;/p-1/t26-,27+,28-,29-,30-,31-,32-,33-,34-,35-;/m0./s1. The van der Waals surface area contributed by atoms with Crippen molar-refractivity contribution in [3.8, 4) is 0 Å². The van der Waals surface area contributed by atoms with Gasteiger partial charge in [-0.25, -0.2) is 0 Å². The number of fused-ring (bicyclic) bond motifs is 5. The molecule has 0 radical (unpaired) electrons. The largest absolute Gasteiger partial charge is 1.00 e. The highest BCUT2D eigenvalue weighted by molar-refractivity contribution is 5.66. The predicted molar refractivity (Wildman–Crippen MR) is 166 cm³/mol. The zero-order chi connectivity index (χ0) is 30.9. The van der Waals surface area contributed by atoms with Crippen LogP contribution in [0.5, 0.6) is 0 Å². The Morgan fingerprint density at radius 3 is 2.13 bits per heavy atom. The second kappa shape index (κ2) is 12.6. The molecule has 0 aromatic carbocycles. The molecular formula is C36H59BrN2O6. The molecule has 3 saturated heterocycles. The van der Waals surface area contributed by atoms with Crippen molar-refractivity contribution >= 4 is 11.9 Å². The summed E-state index contributed by atoms with van der Waals surface area (Å²) in [7, 11) is 2.42. The zero-order valence-electron chi connectivity index (χ0n) is 28.6. The summed E-state index contributed by atoms with van der Waals surface area (Å²) in [6.07, 6.45) is 13.8. The number of piperidine rings is 2. The minimum absolute atomic E-state index is 0. The summed E-state index contributed by atoms with van der Waals surface area (Å²) < 4.78 is 25.7. The lowest BCUT2D eigenvalue weighted by molar-refractivity contribution is -0.943. The normalized spacial score (nSPS) is 45.4. The van der Waals surface area contributed by atoms with Gasteiger partial charge in [0, 0.05) is 31.7 Å². The molecule has 45 heavy (non-hydrogen) atoms. The van der Waals surface area contributed by atoms with Crippen molar-refractivity contribution in [3.05, 3.63) is 0 Å². The summed E-state index contributed by atoms with van der Waals surface area (Å²) in [6.45, 7) is 14.0. The summed E-state index contributed by atoms with van der Waals surface area (Å²) >= 11 is 0. The third-order valence-corrected chi connectivity index (χ3v) is 14.7. The van der Waals surface area contributed by atoms with Gasteiger partial charge in [-0.15, -0.1) is 0 Å². The number of nitrogens with zero attached hydrogens (tertiary/aromatic N) is 2. The lowest BCUT2D eigenvalue weighted by Gasteiger charge is -2.62. The van der Waals surface area contributed by atoms with Gasteiger partial charge in [0.1, 0.15) is 12.1 Å². The first-order valence-electron chi connectivity index (χ1n) is 18.2. The van der Waals surface area contributed by atoms with Gasteiger partial charge in [-0.2, -0.15) is 0 Å². The lowest BCUT2D eigenvalue weighted by atomic mass is 9.44. The summed E-state index contributed by atoms with van der Waals surface area (Å²) in [4.78, 5) is 27.6. The molecule has 1 spiro atoms. The average Bonchev–Trinajstić information content (AvgIpc) is 3.57. The van der Waals surface area contributed by atoms with E-state index in [4.69, 9.17) is 18.9 Å². The van der Waals surface area contributed by atoms with E-state index in [0.717, 1.165) is 69.2 Å². The number of ether oxygens (including phenoxy) is 4. The SMILES string of the molecule is CC(=O)O[C@H]1C[C@@H]2CC[C@@H]3[C@H](CC[C@@]4(C)[C@H]3C[C@H]([N+]3(C)CCC5(CC3)OCCO5)[C@@H]4OC(C)=O)[C@@]2(C)C[C@@H]1N1CCCCC1.[Br-]. The molecule has 7 rings (SSSR count). The number of hydrogen-bond donors (Lipinski definition) is 0. The molecule has 8 nitrogen and oxygen atoms in total. The van der Waals surface area contributed by atoms with Gasteiger partial charge in [0.05, 0.1) is 46.2 Å². The molecule has 3 heterocycles. The van der Waals surface area contributed by atoms with Crippen LogP contribution in [0.1, 0.15) is 105 Å². The highest BCUT2D eigenvalue weighted by Gasteiger charge is 2.68. The molecule has 0 N–H and O–H groups in total. The third kappa shape index (κ3) is 5.84. The Morgan fingerprint density at radius 2 is 1.49 bits per heavy atom. The molecule has 7 fully saturated rings. The fourth-order valence-corrected chi connectivity index (χ4v) is 12.4. The van der Waals surface area contributed by atoms with E-state index >= 15 is 0 Å². The maximum Gasteiger partial charge on any atom is 0.303 e. The molecule has 0 aromatic heterocycles. The Kier molecular flexibility index (Phi) is 9.57. The number of rotatable bonds is 4. The molecule has 0 aromatic rings. The summed E-state index contributed by atoms with van der Waals surface area (Å²) in [5.41, 5.74) is 0.268. The molecule has 7 aliphatic rings. The van der Waals surface area contributed by atoms with Crippen LogP contribution in [0.3, 0.4) is 0 Å². The van der Waals surface area contributed by atoms with E-state index < -0.39 is 5.79 Å². The number of halogens is 1. The number of esters is 2. The summed E-state index contributed by atoms with van der Waals surface area (Å²) in [5.74, 6) is 1.87. The van der Waals surface area contributed by atoms with Crippen LogP contribution in [0.25, 0.3) is 0 Å². The Labute approximate surface area is 281 Å². The van der Waals surface area contributed by atoms with E-state index in [1.165, 1.54) is 38.5 Å². The van der Waals surface area contributed by atoms with Gasteiger partial charge in [0.2, 0.25) is 0 Å². The minimum Gasteiger partial charge on any atom is -1.00 e. The Morgan fingerprint density at radius 1 is 0.822 bits per heavy atom. The highest BCUT2D eigenvalue weighted by atomic mass is 79.9. The first kappa shape index (κ1) is 34.1. The highest BCUT2D eigenvalue weighted by Crippen LogP contribution is 2.68. The molecule has 4 saturated carbocycles. The van der Waals surface area contributed by atoms with Gasteiger partial charge < -0.3 is 40.4 Å². The van der Waals surface area contributed by atoms with E-state index in [1.807, 2.05) is 0 Å². The van der Waals surface area contributed by atoms with Gasteiger partial charge in [0.15, 0.2) is 11.9 Å². The van der Waals surface area contributed by atoms with Crippen molar-refractivity contribution in [2.45, 2.75) is 135 Å². The van der Waals surface area contributed by atoms with Crippen LogP contribution >= 0.6 is 0 Å². The topological polar surface area (TPSA) is 74.3 Å². The summed E-state index contributed by atoms with van der Waals surface area (Å²) in [5, 5.41) is 0. The van der Waals surface area contributed by atoms with Gasteiger partial charge >= 0.3 is 11.9 Å². The van der Waals surface area contributed by atoms with E-state index in [2.05, 4.69) is 25.8 Å². The smallest absolute Gasteiger partial charge is 0.303 e. The maximum atomic E-state index is 12.7. The van der Waals surface area contributed by atoms with Gasteiger partial charge in [-0.3, -0.25) is 14.5 Å². The molecule has 3 aliphatic heterocycles. The molecule has 0 amide bonds. The van der Waals surface area contributed by atoms with Crippen LogP contribution in [0.2, 0.25) is 0 Å². The van der Waals surface area contributed by atoms with E-state index in [0.29, 0.717) is 49.0 Å². The fourth-order valence-electron chi connectivity index (χ4n) is 12.4. The van der Waals surface area contributed by atoms with E-state index in [-0.39, 0.29) is 52.0 Å². The monoisotopic (exact) mass is 694 g/mol. The van der Waals surface area contributed by atoms with Crippen molar-refractivity contribution in [1.29, 1.82) is 0 Å². The first-order chi connectivity index (χ1) is 21.0. The molecule has 0 bridgehead atoms. The van der Waals surface area contributed by atoms with Crippen molar-refractivity contribution in [2.24, 2.45) is 34.5 Å². The molecule has 0 unspecified atom stereocenters. The van der Waals surface area contributed by atoms with Crippen LogP contribution in [0.4, 0.5) is 0 Å². The number of carbonyl (C=O) groups is 2. The quantitative estimate of drug-likeness (QED) is 0.331. The van der Waals surface area contributed by atoms with Crippen LogP contribution in [0, 0.1) is 34.5 Å². The number of likely N-dealkylation sites (N-methyl/N-ethyl adjacent to an activating group) is 1. The third-order valence-electron chi connectivity index (χ3n) is 14.7. The number of likely N-dealkylation sites (tertiary alicyclic amines) is 2. The van der Waals surface area contributed by atoms with Crippen molar-refractivity contribution in [2.75, 3.05) is 46.4 Å². The van der Waals surface area contributed by atoms with Crippen molar-refractivity contribution < 1.29 is 50.0 Å². The van der Waals surface area contributed by atoms with Gasteiger partial charge in [-0.1, -0.05) is 20.3 Å². The zero-order valence-corrected chi connectivity index (χ0v) is 30.2. The maximum absolute atomic E-state index is 12.7. The van der Waals surface area contributed by atoms with E-state index in [9.17, 15) is 9.59 Å². The lowest BCUT2D eigenvalue weighted by Crippen LogP contribution is -3.00. The number of hydrogen-bond acceptors (Lipinski definition) is 7. The van der Waals surface area contributed by atoms with Crippen molar-refractivity contribution in [3.63, 3.8) is 0 Å². The van der Waals surface area contributed by atoms with Gasteiger partial charge in [-0.05, 0) is 93.5 Å². The number of carbonyl (C=O) groups excluding carboxylic acids is 2. The number of quaternary nitrogens is 1. The Bertz CT molecular complexity index is 1100. The Balaban J connectivity index is 0.00000357. The molecule has 10 atom stereocenters. The van der Waals surface area contributed by atoms with Crippen LogP contribution in [0.15, 0.2) is 0 Å². The average molecular weight is 696 g/mol.